The van der Waals surface area contributed by atoms with E-state index in [0.717, 1.165) is 6.42 Å². The van der Waals surface area contributed by atoms with E-state index in [-0.39, 0.29) is 30.4 Å². The number of hydrogen-bond donors (Lipinski definition) is 1. The minimum absolute atomic E-state index is 0.00825. The molecule has 0 radical (unpaired) electrons. The molecule has 0 unspecified atom stereocenters. The van der Waals surface area contributed by atoms with Crippen LogP contribution >= 0.6 is 22.9 Å². The average Bonchev–Trinajstić information content (AvgIpc) is 3.10. The second-order valence-electron chi connectivity index (χ2n) is 6.38. The third-order valence-electron chi connectivity index (χ3n) is 4.35. The van der Waals surface area contributed by atoms with Gasteiger partial charge in [0.15, 0.2) is 5.78 Å². The van der Waals surface area contributed by atoms with Crippen LogP contribution in [0.3, 0.4) is 0 Å². The number of Topliss-reactive ketones (excluding diaryl/α,β-unsaturated/α-hetero) is 1. The fourth-order valence-corrected chi connectivity index (χ4v) is 3.84. The first kappa shape index (κ1) is 21.8. The smallest absolute Gasteiger partial charge is 0.234 e. The van der Waals surface area contributed by atoms with E-state index < -0.39 is 0 Å². The predicted octanol–water partition coefficient (Wildman–Crippen LogP) is 1.66. The standard InChI is InChI=1S/C18H26ClN3O4S/c1-26-12-2-7-20-17(24)13-21-8-10-22(11-9-21)18(25)6-3-14(23)15-4-5-16(19)27-15/h4-5H,2-3,6-13H2,1H3,(H,20,24). The van der Waals surface area contributed by atoms with Crippen molar-refractivity contribution >= 4 is 40.5 Å². The number of ether oxygens (including phenoxy) is 1. The highest BCUT2D eigenvalue weighted by Gasteiger charge is 2.23. The topological polar surface area (TPSA) is 79.0 Å². The van der Waals surface area contributed by atoms with Gasteiger partial charge in [-0.05, 0) is 18.6 Å². The Morgan fingerprint density at radius 1 is 1.19 bits per heavy atom. The summed E-state index contributed by atoms with van der Waals surface area (Å²) in [7, 11) is 1.64. The fraction of sp³-hybridized carbons (Fsp3) is 0.611. The molecule has 1 aromatic rings. The number of carbonyl (C=O) groups is 3. The van der Waals surface area contributed by atoms with Gasteiger partial charge in [-0.15, -0.1) is 11.3 Å². The SMILES string of the molecule is COCCCNC(=O)CN1CCN(C(=O)CCC(=O)c2ccc(Cl)s2)CC1. The number of rotatable bonds is 10. The summed E-state index contributed by atoms with van der Waals surface area (Å²) in [5.74, 6) is -0.0789. The number of amides is 2. The Balaban J connectivity index is 1.63. The Morgan fingerprint density at radius 3 is 2.56 bits per heavy atom. The zero-order valence-corrected chi connectivity index (χ0v) is 17.1. The summed E-state index contributed by atoms with van der Waals surface area (Å²) in [5.41, 5.74) is 0. The number of halogens is 1. The molecule has 150 valence electrons. The van der Waals surface area contributed by atoms with Crippen molar-refractivity contribution in [3.8, 4) is 0 Å². The summed E-state index contributed by atoms with van der Waals surface area (Å²) in [5, 5.41) is 2.86. The van der Waals surface area contributed by atoms with Crippen LogP contribution in [0.5, 0.6) is 0 Å². The van der Waals surface area contributed by atoms with E-state index in [2.05, 4.69) is 5.32 Å². The van der Waals surface area contributed by atoms with Crippen molar-refractivity contribution in [1.82, 2.24) is 15.1 Å². The molecule has 7 nitrogen and oxygen atoms in total. The highest BCUT2D eigenvalue weighted by atomic mass is 35.5. The number of hydrogen-bond acceptors (Lipinski definition) is 6. The minimum atomic E-state index is -0.0518. The van der Waals surface area contributed by atoms with Crippen LogP contribution in [-0.4, -0.2) is 80.4 Å². The summed E-state index contributed by atoms with van der Waals surface area (Å²) in [6.07, 6.45) is 1.19. The Bertz CT molecular complexity index is 644. The van der Waals surface area contributed by atoms with E-state index in [9.17, 15) is 14.4 Å². The monoisotopic (exact) mass is 415 g/mol. The van der Waals surface area contributed by atoms with E-state index in [1.54, 1.807) is 24.1 Å². The first-order valence-electron chi connectivity index (χ1n) is 9.04. The fourth-order valence-electron chi connectivity index (χ4n) is 2.82. The first-order valence-corrected chi connectivity index (χ1v) is 10.2. The zero-order chi connectivity index (χ0) is 19.6. The second kappa shape index (κ2) is 11.4. The lowest BCUT2D eigenvalue weighted by Crippen LogP contribution is -2.51. The number of carbonyl (C=O) groups excluding carboxylic acids is 3. The zero-order valence-electron chi connectivity index (χ0n) is 15.5. The average molecular weight is 416 g/mol. The largest absolute Gasteiger partial charge is 0.385 e. The van der Waals surface area contributed by atoms with Gasteiger partial charge in [-0.3, -0.25) is 19.3 Å². The van der Waals surface area contributed by atoms with Gasteiger partial charge in [0.05, 0.1) is 15.8 Å². The van der Waals surface area contributed by atoms with Gasteiger partial charge >= 0.3 is 0 Å². The summed E-state index contributed by atoms with van der Waals surface area (Å²) in [4.78, 5) is 40.7. The molecule has 9 heteroatoms. The van der Waals surface area contributed by atoms with Gasteiger partial charge in [-0.2, -0.15) is 0 Å². The molecule has 0 spiro atoms. The maximum atomic E-state index is 12.3. The van der Waals surface area contributed by atoms with Crippen molar-refractivity contribution < 1.29 is 19.1 Å². The molecule has 1 saturated heterocycles. The molecule has 2 amide bonds. The lowest BCUT2D eigenvalue weighted by atomic mass is 10.1. The lowest BCUT2D eigenvalue weighted by molar-refractivity contribution is -0.133. The van der Waals surface area contributed by atoms with Crippen LogP contribution in [0.2, 0.25) is 4.34 Å². The van der Waals surface area contributed by atoms with Crippen LogP contribution in [0, 0.1) is 0 Å². The maximum Gasteiger partial charge on any atom is 0.234 e. The van der Waals surface area contributed by atoms with Crippen molar-refractivity contribution in [1.29, 1.82) is 0 Å². The molecule has 0 atom stereocenters. The number of nitrogens with zero attached hydrogens (tertiary/aromatic N) is 2. The predicted molar refractivity (Wildman–Crippen MR) is 105 cm³/mol. The van der Waals surface area contributed by atoms with Crippen LogP contribution in [0.4, 0.5) is 0 Å². The van der Waals surface area contributed by atoms with Gasteiger partial charge < -0.3 is 15.0 Å². The van der Waals surface area contributed by atoms with E-state index >= 15 is 0 Å². The van der Waals surface area contributed by atoms with Crippen LogP contribution in [-0.2, 0) is 14.3 Å². The Labute approximate surface area is 168 Å². The molecule has 1 fully saturated rings. The first-order chi connectivity index (χ1) is 13.0. The molecule has 1 aliphatic rings. The molecule has 0 bridgehead atoms. The molecule has 27 heavy (non-hydrogen) atoms. The maximum absolute atomic E-state index is 12.3. The summed E-state index contributed by atoms with van der Waals surface area (Å²) in [6.45, 7) is 4.05. The van der Waals surface area contributed by atoms with Gasteiger partial charge in [-0.1, -0.05) is 11.6 Å². The van der Waals surface area contributed by atoms with Crippen molar-refractivity contribution in [2.24, 2.45) is 0 Å². The van der Waals surface area contributed by atoms with Crippen LogP contribution in [0.25, 0.3) is 0 Å². The number of ketones is 1. The second-order valence-corrected chi connectivity index (χ2v) is 8.10. The van der Waals surface area contributed by atoms with E-state index in [1.807, 2.05) is 4.90 Å². The Hall–Kier alpha value is -1.48. The molecule has 2 rings (SSSR count). The Morgan fingerprint density at radius 2 is 1.93 bits per heavy atom. The highest BCUT2D eigenvalue weighted by Crippen LogP contribution is 2.23. The van der Waals surface area contributed by atoms with Crippen molar-refractivity contribution in [3.05, 3.63) is 21.3 Å². The van der Waals surface area contributed by atoms with Gasteiger partial charge in [-0.25, -0.2) is 0 Å². The Kier molecular flexibility index (Phi) is 9.20. The van der Waals surface area contributed by atoms with Crippen molar-refractivity contribution in [3.63, 3.8) is 0 Å². The summed E-state index contributed by atoms with van der Waals surface area (Å²) in [6, 6.07) is 3.38. The third-order valence-corrected chi connectivity index (χ3v) is 5.63. The quantitative estimate of drug-likeness (QED) is 0.464. The van der Waals surface area contributed by atoms with Gasteiger partial charge in [0.1, 0.15) is 0 Å². The van der Waals surface area contributed by atoms with E-state index in [1.165, 1.54) is 11.3 Å². The molecular formula is C18H26ClN3O4S. The van der Waals surface area contributed by atoms with Crippen LogP contribution in [0.1, 0.15) is 28.9 Å². The molecule has 1 N–H and O–H groups in total. The van der Waals surface area contributed by atoms with Crippen molar-refractivity contribution in [2.45, 2.75) is 19.3 Å². The molecule has 2 heterocycles. The van der Waals surface area contributed by atoms with Crippen LogP contribution < -0.4 is 5.32 Å². The molecule has 1 aromatic heterocycles. The summed E-state index contributed by atoms with van der Waals surface area (Å²) < 4.78 is 5.52. The van der Waals surface area contributed by atoms with Crippen molar-refractivity contribution in [2.75, 3.05) is 53.0 Å². The number of piperazine rings is 1. The van der Waals surface area contributed by atoms with E-state index in [4.69, 9.17) is 16.3 Å². The minimum Gasteiger partial charge on any atom is -0.385 e. The molecular weight excluding hydrogens is 390 g/mol. The molecule has 0 saturated carbocycles. The molecule has 1 aliphatic heterocycles. The third kappa shape index (κ3) is 7.57. The number of methoxy groups -OCH3 is 1. The lowest BCUT2D eigenvalue weighted by Gasteiger charge is -2.34. The molecule has 0 aromatic carbocycles. The van der Waals surface area contributed by atoms with Crippen LogP contribution in [0.15, 0.2) is 12.1 Å². The number of thiophene rings is 1. The van der Waals surface area contributed by atoms with E-state index in [0.29, 0.717) is 55.1 Å². The highest BCUT2D eigenvalue weighted by molar-refractivity contribution is 7.18. The number of nitrogens with one attached hydrogen (secondary N) is 1. The summed E-state index contributed by atoms with van der Waals surface area (Å²) >= 11 is 7.07. The van der Waals surface area contributed by atoms with Gasteiger partial charge in [0, 0.05) is 59.3 Å². The normalized spacial score (nSPS) is 15.0. The van der Waals surface area contributed by atoms with Gasteiger partial charge in [0.2, 0.25) is 11.8 Å². The van der Waals surface area contributed by atoms with Gasteiger partial charge in [0.25, 0.3) is 0 Å². The molecule has 0 aliphatic carbocycles.